The van der Waals surface area contributed by atoms with E-state index in [1.165, 1.54) is 0 Å². The predicted molar refractivity (Wildman–Crippen MR) is 134 cm³/mol. The van der Waals surface area contributed by atoms with Crippen molar-refractivity contribution in [1.29, 1.82) is 0 Å². The van der Waals surface area contributed by atoms with Crippen LogP contribution in [0.5, 0.6) is 0 Å². The van der Waals surface area contributed by atoms with Gasteiger partial charge in [-0.1, -0.05) is 6.07 Å². The summed E-state index contributed by atoms with van der Waals surface area (Å²) in [6.07, 6.45) is 3.53. The van der Waals surface area contributed by atoms with Crippen LogP contribution in [0.15, 0.2) is 24.4 Å². The first-order chi connectivity index (χ1) is 17.7. The number of carbonyl (C=O) groups excluding carboxylic acids is 1. The maximum Gasteiger partial charge on any atom is 0.321 e. The van der Waals surface area contributed by atoms with Crippen LogP contribution in [0, 0.1) is 0 Å². The number of hydrogen-bond acceptors (Lipinski definition) is 9. The number of aromatic nitrogens is 6. The first-order valence-corrected chi connectivity index (χ1v) is 12.1. The highest BCUT2D eigenvalue weighted by molar-refractivity contribution is 5.96. The van der Waals surface area contributed by atoms with E-state index in [9.17, 15) is 4.79 Å². The maximum absolute atomic E-state index is 11.6. The number of morpholine rings is 1. The lowest BCUT2D eigenvalue weighted by Gasteiger charge is -2.27. The van der Waals surface area contributed by atoms with E-state index in [0.29, 0.717) is 19.2 Å². The number of aromatic amines is 1. The van der Waals surface area contributed by atoms with Crippen LogP contribution >= 0.6 is 0 Å². The summed E-state index contributed by atoms with van der Waals surface area (Å²) in [5, 5.41) is 14.8. The van der Waals surface area contributed by atoms with Crippen LogP contribution in [-0.4, -0.2) is 82.7 Å². The number of hydrogen-bond donors (Lipinski definition) is 3. The van der Waals surface area contributed by atoms with Gasteiger partial charge in [0, 0.05) is 56.4 Å². The highest BCUT2D eigenvalue weighted by Gasteiger charge is 2.26. The summed E-state index contributed by atoms with van der Waals surface area (Å²) >= 11 is 0. The number of benzene rings is 1. The van der Waals surface area contributed by atoms with Gasteiger partial charge in [-0.2, -0.15) is 10.1 Å². The van der Waals surface area contributed by atoms with Crippen LogP contribution < -0.4 is 15.5 Å². The number of anilines is 2. The van der Waals surface area contributed by atoms with Gasteiger partial charge in [-0.15, -0.1) is 0 Å². The molecule has 6 rings (SSSR count). The smallest absolute Gasteiger partial charge is 0.321 e. The molecule has 0 spiro atoms. The van der Waals surface area contributed by atoms with Gasteiger partial charge in [0.05, 0.1) is 35.5 Å². The minimum Gasteiger partial charge on any atom is -0.381 e. The molecule has 5 heterocycles. The zero-order valence-corrected chi connectivity index (χ0v) is 20.0. The van der Waals surface area contributed by atoms with E-state index in [0.717, 1.165) is 78.0 Å². The molecule has 0 unspecified atom stereocenters. The van der Waals surface area contributed by atoms with E-state index in [1.807, 2.05) is 18.2 Å². The molecule has 0 atom stereocenters. The number of H-pyrrole nitrogens is 1. The molecule has 0 bridgehead atoms. The van der Waals surface area contributed by atoms with Crippen LogP contribution in [0.2, 0.25) is 0 Å². The molecule has 4 aromatic rings. The van der Waals surface area contributed by atoms with Crippen LogP contribution in [-0.2, 0) is 9.47 Å². The van der Waals surface area contributed by atoms with Gasteiger partial charge in [-0.25, -0.2) is 19.7 Å². The monoisotopic (exact) mass is 489 g/mol. The number of nitrogens with zero attached hydrogens (tertiary/aromatic N) is 6. The molecule has 36 heavy (non-hydrogen) atoms. The van der Waals surface area contributed by atoms with Crippen molar-refractivity contribution < 1.29 is 14.3 Å². The van der Waals surface area contributed by atoms with Gasteiger partial charge in [0.1, 0.15) is 0 Å². The lowest BCUT2D eigenvalue weighted by atomic mass is 9.93. The number of ether oxygens (including phenoxy) is 2. The number of nitrogens with one attached hydrogen (secondary N) is 3. The second-order valence-corrected chi connectivity index (χ2v) is 8.86. The molecule has 2 amide bonds. The van der Waals surface area contributed by atoms with Gasteiger partial charge in [0.25, 0.3) is 0 Å². The summed E-state index contributed by atoms with van der Waals surface area (Å²) in [6, 6.07) is 5.55. The molecule has 3 N–H and O–H groups in total. The SMILES string of the molecule is CNC(=O)Nc1ncc2cc(-c3nc(N4CCOCC4)nc4[nH]nc(C5CCOCC5)c34)ccc2n1. The summed E-state index contributed by atoms with van der Waals surface area (Å²) in [5.74, 6) is 1.18. The van der Waals surface area contributed by atoms with Crippen LogP contribution in [0.4, 0.5) is 16.7 Å². The quantitative estimate of drug-likeness (QED) is 0.394. The Kier molecular flexibility index (Phi) is 6.03. The number of fused-ring (bicyclic) bond motifs is 2. The first-order valence-electron chi connectivity index (χ1n) is 12.1. The van der Waals surface area contributed by atoms with E-state index in [2.05, 4.69) is 30.6 Å². The van der Waals surface area contributed by atoms with Crippen LogP contribution in [0.3, 0.4) is 0 Å². The Morgan fingerprint density at radius 3 is 2.69 bits per heavy atom. The molecule has 12 heteroatoms. The second-order valence-electron chi connectivity index (χ2n) is 8.86. The van der Waals surface area contributed by atoms with Crippen molar-refractivity contribution >= 4 is 39.9 Å². The summed E-state index contributed by atoms with van der Waals surface area (Å²) in [5.41, 5.74) is 4.18. The van der Waals surface area contributed by atoms with Crippen molar-refractivity contribution in [2.75, 3.05) is 56.8 Å². The number of carbonyl (C=O) groups is 1. The van der Waals surface area contributed by atoms with Crippen molar-refractivity contribution in [3.63, 3.8) is 0 Å². The fourth-order valence-corrected chi connectivity index (χ4v) is 4.73. The van der Waals surface area contributed by atoms with Crippen molar-refractivity contribution in [3.8, 4) is 11.3 Å². The van der Waals surface area contributed by atoms with E-state index < -0.39 is 0 Å². The average molecular weight is 490 g/mol. The van der Waals surface area contributed by atoms with Crippen molar-refractivity contribution in [1.82, 2.24) is 35.5 Å². The zero-order chi connectivity index (χ0) is 24.5. The Balaban J connectivity index is 1.46. The van der Waals surface area contributed by atoms with E-state index >= 15 is 0 Å². The topological polar surface area (TPSA) is 143 Å². The third-order valence-corrected chi connectivity index (χ3v) is 6.64. The molecular formula is C24H27N9O3. The lowest BCUT2D eigenvalue weighted by Crippen LogP contribution is -2.37. The fraction of sp³-hybridized carbons (Fsp3) is 0.417. The van der Waals surface area contributed by atoms with Gasteiger partial charge >= 0.3 is 6.03 Å². The van der Waals surface area contributed by atoms with Crippen molar-refractivity contribution in [2.45, 2.75) is 18.8 Å². The molecule has 186 valence electrons. The molecule has 1 aromatic carbocycles. The maximum atomic E-state index is 11.6. The molecule has 2 saturated heterocycles. The molecule has 0 aliphatic carbocycles. The minimum absolute atomic E-state index is 0.241. The molecule has 2 aliphatic rings. The second kappa shape index (κ2) is 9.63. The molecule has 3 aromatic heterocycles. The van der Waals surface area contributed by atoms with Gasteiger partial charge in [0.2, 0.25) is 11.9 Å². The molecular weight excluding hydrogens is 462 g/mol. The zero-order valence-electron chi connectivity index (χ0n) is 20.0. The molecule has 2 fully saturated rings. The average Bonchev–Trinajstić information content (AvgIpc) is 3.37. The number of urea groups is 1. The van der Waals surface area contributed by atoms with Crippen molar-refractivity contribution in [2.24, 2.45) is 0 Å². The largest absolute Gasteiger partial charge is 0.381 e. The molecule has 0 radical (unpaired) electrons. The summed E-state index contributed by atoms with van der Waals surface area (Å²) in [7, 11) is 1.54. The Hall–Kier alpha value is -3.90. The normalized spacial score (nSPS) is 17.0. The van der Waals surface area contributed by atoms with E-state index in [1.54, 1.807) is 13.2 Å². The number of amides is 2. The van der Waals surface area contributed by atoms with Gasteiger partial charge < -0.3 is 19.7 Å². The third kappa shape index (κ3) is 4.29. The van der Waals surface area contributed by atoms with E-state index in [-0.39, 0.29) is 17.9 Å². The fourth-order valence-electron chi connectivity index (χ4n) is 4.73. The lowest BCUT2D eigenvalue weighted by molar-refractivity contribution is 0.0847. The predicted octanol–water partition coefficient (Wildman–Crippen LogP) is 2.44. The standard InChI is InChI=1S/C24H27N9O3/c1-25-24(34)30-22-26-13-16-12-15(2-3-17(16)27-22)19-18-20(14-4-8-35-9-5-14)31-32-21(18)29-23(28-19)33-6-10-36-11-7-33/h2-3,12-14H,4-11H2,1H3,(H,28,29,31,32)(H2,25,26,27,30,34). The Morgan fingerprint density at radius 2 is 1.89 bits per heavy atom. The minimum atomic E-state index is -0.370. The van der Waals surface area contributed by atoms with Crippen LogP contribution in [0.1, 0.15) is 24.5 Å². The molecule has 0 saturated carbocycles. The van der Waals surface area contributed by atoms with Crippen LogP contribution in [0.25, 0.3) is 33.2 Å². The van der Waals surface area contributed by atoms with Gasteiger partial charge in [0.15, 0.2) is 5.65 Å². The Labute approximate surface area is 206 Å². The summed E-state index contributed by atoms with van der Waals surface area (Å²) in [4.78, 5) is 32.4. The molecule has 12 nitrogen and oxygen atoms in total. The third-order valence-electron chi connectivity index (χ3n) is 6.64. The van der Waals surface area contributed by atoms with Gasteiger partial charge in [-0.05, 0) is 25.0 Å². The summed E-state index contributed by atoms with van der Waals surface area (Å²) in [6.45, 7) is 4.21. The molecule has 2 aliphatic heterocycles. The van der Waals surface area contributed by atoms with Gasteiger partial charge in [-0.3, -0.25) is 10.4 Å². The van der Waals surface area contributed by atoms with E-state index in [4.69, 9.17) is 24.5 Å². The Bertz CT molecular complexity index is 1410. The highest BCUT2D eigenvalue weighted by Crippen LogP contribution is 2.37. The van der Waals surface area contributed by atoms with Crippen molar-refractivity contribution in [3.05, 3.63) is 30.1 Å². The number of rotatable bonds is 4. The Morgan fingerprint density at radius 1 is 1.08 bits per heavy atom. The first kappa shape index (κ1) is 22.6. The highest BCUT2D eigenvalue weighted by atomic mass is 16.5. The summed E-state index contributed by atoms with van der Waals surface area (Å²) < 4.78 is 11.1.